The number of aromatic hydroxyl groups is 1. The topological polar surface area (TPSA) is 58.6 Å². The molecular formula is C12H15NO3. The third-order valence-corrected chi connectivity index (χ3v) is 2.96. The van der Waals surface area contributed by atoms with Crippen LogP contribution in [0, 0.1) is 0 Å². The molecule has 0 radical (unpaired) electrons. The van der Waals surface area contributed by atoms with Crippen LogP contribution >= 0.6 is 0 Å². The first-order valence-electron chi connectivity index (χ1n) is 5.30. The smallest absolute Gasteiger partial charge is 0.306 e. The van der Waals surface area contributed by atoms with Crippen molar-refractivity contribution in [1.29, 1.82) is 0 Å². The van der Waals surface area contributed by atoms with E-state index in [1.165, 1.54) is 7.11 Å². The van der Waals surface area contributed by atoms with Gasteiger partial charge < -0.3 is 15.2 Å². The number of carbonyl (C=O) groups is 1. The number of esters is 1. The molecule has 4 heteroatoms. The predicted octanol–water partition coefficient (Wildman–Crippen LogP) is 1.14. The fourth-order valence-corrected chi connectivity index (χ4v) is 2.12. The van der Waals surface area contributed by atoms with E-state index in [-0.39, 0.29) is 11.9 Å². The Bertz CT molecular complexity index is 403. The van der Waals surface area contributed by atoms with E-state index in [1.54, 1.807) is 6.07 Å². The molecule has 1 atom stereocenters. The second-order valence-corrected chi connectivity index (χ2v) is 3.95. The van der Waals surface area contributed by atoms with E-state index in [4.69, 9.17) is 0 Å². The molecule has 1 aliphatic heterocycles. The number of hydrogen-bond donors (Lipinski definition) is 2. The lowest BCUT2D eigenvalue weighted by atomic mass is 9.88. The monoisotopic (exact) mass is 221 g/mol. The van der Waals surface area contributed by atoms with Crippen molar-refractivity contribution in [2.45, 2.75) is 18.9 Å². The van der Waals surface area contributed by atoms with Crippen LogP contribution in [0.25, 0.3) is 0 Å². The van der Waals surface area contributed by atoms with Gasteiger partial charge in [0.05, 0.1) is 13.5 Å². The molecule has 0 spiro atoms. The van der Waals surface area contributed by atoms with Crippen LogP contribution in [0.3, 0.4) is 0 Å². The summed E-state index contributed by atoms with van der Waals surface area (Å²) < 4.78 is 4.67. The van der Waals surface area contributed by atoms with Gasteiger partial charge in [0.1, 0.15) is 5.75 Å². The van der Waals surface area contributed by atoms with E-state index in [9.17, 15) is 9.90 Å². The Labute approximate surface area is 94.2 Å². The van der Waals surface area contributed by atoms with Gasteiger partial charge in [0.15, 0.2) is 0 Å². The first-order valence-corrected chi connectivity index (χ1v) is 5.30. The average molecular weight is 221 g/mol. The molecule has 2 rings (SSSR count). The van der Waals surface area contributed by atoms with Gasteiger partial charge in [-0.2, -0.15) is 0 Å². The van der Waals surface area contributed by atoms with Crippen molar-refractivity contribution in [2.24, 2.45) is 0 Å². The van der Waals surface area contributed by atoms with Gasteiger partial charge in [-0.15, -0.1) is 0 Å². The summed E-state index contributed by atoms with van der Waals surface area (Å²) in [5.41, 5.74) is 1.94. The normalized spacial score (nSPS) is 18.9. The first kappa shape index (κ1) is 11.0. The Hall–Kier alpha value is -1.55. The van der Waals surface area contributed by atoms with E-state index in [0.717, 1.165) is 17.7 Å². The maximum absolute atomic E-state index is 11.3. The molecular weight excluding hydrogens is 206 g/mol. The molecule has 0 amide bonds. The van der Waals surface area contributed by atoms with Gasteiger partial charge in [-0.05, 0) is 11.6 Å². The largest absolute Gasteiger partial charge is 0.508 e. The van der Waals surface area contributed by atoms with Crippen LogP contribution in [0.5, 0.6) is 5.75 Å². The highest BCUT2D eigenvalue weighted by Crippen LogP contribution is 2.31. The van der Waals surface area contributed by atoms with Crippen LogP contribution in [-0.2, 0) is 16.1 Å². The summed E-state index contributed by atoms with van der Waals surface area (Å²) in [5, 5.41) is 12.9. The Morgan fingerprint density at radius 2 is 2.44 bits per heavy atom. The predicted molar refractivity (Wildman–Crippen MR) is 59.2 cm³/mol. The number of hydrogen-bond acceptors (Lipinski definition) is 4. The zero-order chi connectivity index (χ0) is 11.5. The number of carbonyl (C=O) groups excluding carboxylic acids is 1. The molecule has 1 aromatic carbocycles. The number of phenols is 1. The minimum Gasteiger partial charge on any atom is -0.508 e. The van der Waals surface area contributed by atoms with Crippen LogP contribution in [-0.4, -0.2) is 24.7 Å². The molecule has 86 valence electrons. The van der Waals surface area contributed by atoms with Crippen molar-refractivity contribution < 1.29 is 14.6 Å². The number of methoxy groups -OCH3 is 1. The van der Waals surface area contributed by atoms with E-state index >= 15 is 0 Å². The summed E-state index contributed by atoms with van der Waals surface area (Å²) in [4.78, 5) is 11.3. The van der Waals surface area contributed by atoms with Crippen LogP contribution in [0.15, 0.2) is 18.2 Å². The van der Waals surface area contributed by atoms with Gasteiger partial charge in [0, 0.05) is 24.6 Å². The highest BCUT2D eigenvalue weighted by molar-refractivity contribution is 5.70. The second-order valence-electron chi connectivity index (χ2n) is 3.95. The van der Waals surface area contributed by atoms with Crippen molar-refractivity contribution in [3.8, 4) is 5.75 Å². The van der Waals surface area contributed by atoms with E-state index in [0.29, 0.717) is 18.7 Å². The molecule has 2 N–H and O–H groups in total. The Morgan fingerprint density at radius 3 is 3.19 bits per heavy atom. The zero-order valence-electron chi connectivity index (χ0n) is 9.19. The van der Waals surface area contributed by atoms with E-state index in [1.807, 2.05) is 12.1 Å². The molecule has 16 heavy (non-hydrogen) atoms. The summed E-state index contributed by atoms with van der Waals surface area (Å²) in [6.07, 6.45) is 0.347. The van der Waals surface area contributed by atoms with Gasteiger partial charge in [-0.3, -0.25) is 4.79 Å². The van der Waals surface area contributed by atoms with Gasteiger partial charge in [0.25, 0.3) is 0 Å². The van der Waals surface area contributed by atoms with Crippen molar-refractivity contribution >= 4 is 5.97 Å². The lowest BCUT2D eigenvalue weighted by molar-refractivity contribution is -0.141. The van der Waals surface area contributed by atoms with Crippen molar-refractivity contribution in [3.63, 3.8) is 0 Å². The highest BCUT2D eigenvalue weighted by atomic mass is 16.5. The zero-order valence-corrected chi connectivity index (χ0v) is 9.19. The number of nitrogens with one attached hydrogen (secondary N) is 1. The molecule has 0 fully saturated rings. The molecule has 0 bridgehead atoms. The second kappa shape index (κ2) is 4.53. The average Bonchev–Trinajstić information content (AvgIpc) is 2.30. The SMILES string of the molecule is COC(=O)CC1CNCc2c(O)cccc21. The molecule has 1 heterocycles. The first-order chi connectivity index (χ1) is 7.72. The molecule has 1 unspecified atom stereocenters. The third kappa shape index (κ3) is 2.02. The molecule has 1 aliphatic rings. The van der Waals surface area contributed by atoms with Crippen LogP contribution in [0.4, 0.5) is 0 Å². The van der Waals surface area contributed by atoms with Crippen LogP contribution < -0.4 is 5.32 Å². The lowest BCUT2D eigenvalue weighted by Gasteiger charge is -2.26. The fourth-order valence-electron chi connectivity index (χ4n) is 2.12. The minimum atomic E-state index is -0.219. The molecule has 4 nitrogen and oxygen atoms in total. The summed E-state index contributed by atoms with van der Waals surface area (Å²) in [5.74, 6) is 0.158. The summed E-state index contributed by atoms with van der Waals surface area (Å²) in [6, 6.07) is 5.44. The van der Waals surface area contributed by atoms with Crippen LogP contribution in [0.1, 0.15) is 23.5 Å². The standard InChI is InChI=1S/C12H15NO3/c1-16-12(15)5-8-6-13-7-10-9(8)3-2-4-11(10)14/h2-4,8,13-14H,5-7H2,1H3. The number of phenolic OH excluding ortho intramolecular Hbond substituents is 1. The maximum Gasteiger partial charge on any atom is 0.306 e. The highest BCUT2D eigenvalue weighted by Gasteiger charge is 2.24. The minimum absolute atomic E-state index is 0.0864. The van der Waals surface area contributed by atoms with Gasteiger partial charge in [-0.1, -0.05) is 12.1 Å². The third-order valence-electron chi connectivity index (χ3n) is 2.96. The van der Waals surface area contributed by atoms with Crippen molar-refractivity contribution in [2.75, 3.05) is 13.7 Å². The van der Waals surface area contributed by atoms with Gasteiger partial charge in [0.2, 0.25) is 0 Å². The van der Waals surface area contributed by atoms with Crippen LogP contribution in [0.2, 0.25) is 0 Å². The fraction of sp³-hybridized carbons (Fsp3) is 0.417. The number of rotatable bonds is 2. The van der Waals surface area contributed by atoms with Crippen molar-refractivity contribution in [1.82, 2.24) is 5.32 Å². The maximum atomic E-state index is 11.3. The van der Waals surface area contributed by atoms with Gasteiger partial charge >= 0.3 is 5.97 Å². The number of ether oxygens (including phenoxy) is 1. The summed E-state index contributed by atoms with van der Waals surface area (Å²) >= 11 is 0. The Kier molecular flexibility index (Phi) is 3.10. The molecule has 1 aromatic rings. The molecule has 0 aliphatic carbocycles. The Morgan fingerprint density at radius 1 is 1.62 bits per heavy atom. The van der Waals surface area contributed by atoms with Crippen molar-refractivity contribution in [3.05, 3.63) is 29.3 Å². The summed E-state index contributed by atoms with van der Waals surface area (Å²) in [7, 11) is 1.39. The van der Waals surface area contributed by atoms with Gasteiger partial charge in [-0.25, -0.2) is 0 Å². The quantitative estimate of drug-likeness (QED) is 0.735. The Balaban J connectivity index is 2.26. The number of fused-ring (bicyclic) bond motifs is 1. The summed E-state index contributed by atoms with van der Waals surface area (Å²) in [6.45, 7) is 1.39. The lowest BCUT2D eigenvalue weighted by Crippen LogP contribution is -2.29. The molecule has 0 saturated carbocycles. The van der Waals surface area contributed by atoms with E-state index < -0.39 is 0 Å². The number of benzene rings is 1. The molecule has 0 aromatic heterocycles. The van der Waals surface area contributed by atoms with E-state index in [2.05, 4.69) is 10.1 Å². The molecule has 0 saturated heterocycles.